The van der Waals surface area contributed by atoms with Gasteiger partial charge in [0.25, 0.3) is 0 Å². The second-order valence-electron chi connectivity index (χ2n) is 4.36. The zero-order valence-corrected chi connectivity index (χ0v) is 10.7. The van der Waals surface area contributed by atoms with Crippen LogP contribution in [0.4, 0.5) is 0 Å². The van der Waals surface area contributed by atoms with Crippen LogP contribution < -0.4 is 9.47 Å². The molecule has 2 rings (SSSR count). The van der Waals surface area contributed by atoms with Crippen LogP contribution in [0.5, 0.6) is 11.5 Å². The zero-order valence-electron chi connectivity index (χ0n) is 10.7. The first-order chi connectivity index (χ1) is 8.79. The first-order valence-electron chi connectivity index (χ1n) is 6.34. The molecule has 0 bridgehead atoms. The number of nitrogens with zero attached hydrogens (tertiary/aromatic N) is 1. The number of likely N-dealkylation sites (tertiary alicyclic amines) is 1. The Morgan fingerprint density at radius 1 is 1.17 bits per heavy atom. The summed E-state index contributed by atoms with van der Waals surface area (Å²) in [6, 6.07) is 7.38. The van der Waals surface area contributed by atoms with Crippen LogP contribution >= 0.6 is 0 Å². The lowest BCUT2D eigenvalue weighted by molar-refractivity contribution is -0.130. The molecule has 1 fully saturated rings. The van der Waals surface area contributed by atoms with Gasteiger partial charge in [-0.05, 0) is 37.1 Å². The van der Waals surface area contributed by atoms with Crippen molar-refractivity contribution in [2.24, 2.45) is 0 Å². The largest absolute Gasteiger partial charge is 0.497 e. The second kappa shape index (κ2) is 6.28. The Morgan fingerprint density at radius 2 is 1.78 bits per heavy atom. The lowest BCUT2D eigenvalue weighted by Gasteiger charge is -2.15. The Balaban J connectivity index is 1.72. The Kier molecular flexibility index (Phi) is 4.45. The second-order valence-corrected chi connectivity index (χ2v) is 4.36. The molecule has 1 amide bonds. The fourth-order valence-corrected chi connectivity index (χ4v) is 2.05. The van der Waals surface area contributed by atoms with Gasteiger partial charge in [-0.2, -0.15) is 0 Å². The first-order valence-corrected chi connectivity index (χ1v) is 6.34. The standard InChI is InChI=1S/C14H19NO3/c1-17-12-4-6-13(7-5-12)18-11-8-14(16)15-9-2-3-10-15/h4-7H,2-3,8-11H2,1H3. The molecule has 0 aliphatic carbocycles. The number of amides is 1. The number of methoxy groups -OCH3 is 1. The minimum Gasteiger partial charge on any atom is -0.497 e. The fraction of sp³-hybridized carbons (Fsp3) is 0.500. The average molecular weight is 249 g/mol. The summed E-state index contributed by atoms with van der Waals surface area (Å²) in [6.07, 6.45) is 2.71. The predicted octanol–water partition coefficient (Wildman–Crippen LogP) is 2.09. The summed E-state index contributed by atoms with van der Waals surface area (Å²) < 4.78 is 10.6. The van der Waals surface area contributed by atoms with Gasteiger partial charge in [-0.1, -0.05) is 0 Å². The van der Waals surface area contributed by atoms with Crippen molar-refractivity contribution in [3.05, 3.63) is 24.3 Å². The molecule has 98 valence electrons. The Bertz CT molecular complexity index is 383. The summed E-state index contributed by atoms with van der Waals surface area (Å²) in [7, 11) is 1.63. The average Bonchev–Trinajstić information content (AvgIpc) is 2.93. The molecule has 0 aromatic heterocycles. The van der Waals surface area contributed by atoms with E-state index in [-0.39, 0.29) is 5.91 Å². The van der Waals surface area contributed by atoms with Crippen molar-refractivity contribution < 1.29 is 14.3 Å². The highest BCUT2D eigenvalue weighted by Crippen LogP contribution is 2.17. The molecular formula is C14H19NO3. The maximum absolute atomic E-state index is 11.8. The van der Waals surface area contributed by atoms with Gasteiger partial charge in [0.05, 0.1) is 20.1 Å². The van der Waals surface area contributed by atoms with Crippen LogP contribution in [0.25, 0.3) is 0 Å². The highest BCUT2D eigenvalue weighted by atomic mass is 16.5. The van der Waals surface area contributed by atoms with Crippen LogP contribution in [0.3, 0.4) is 0 Å². The molecule has 0 saturated carbocycles. The molecule has 1 aromatic rings. The van der Waals surface area contributed by atoms with Gasteiger partial charge in [0.2, 0.25) is 5.91 Å². The van der Waals surface area contributed by atoms with Crippen molar-refractivity contribution in [3.8, 4) is 11.5 Å². The molecular weight excluding hydrogens is 230 g/mol. The van der Waals surface area contributed by atoms with Crippen molar-refractivity contribution in [2.75, 3.05) is 26.8 Å². The van der Waals surface area contributed by atoms with Crippen LogP contribution in [0, 0.1) is 0 Å². The van der Waals surface area contributed by atoms with Crippen molar-refractivity contribution in [3.63, 3.8) is 0 Å². The third-order valence-corrected chi connectivity index (χ3v) is 3.10. The van der Waals surface area contributed by atoms with E-state index in [1.165, 1.54) is 0 Å². The van der Waals surface area contributed by atoms with Gasteiger partial charge >= 0.3 is 0 Å². The lowest BCUT2D eigenvalue weighted by Crippen LogP contribution is -2.28. The molecule has 0 radical (unpaired) electrons. The number of carbonyl (C=O) groups is 1. The number of carbonyl (C=O) groups excluding carboxylic acids is 1. The van der Waals surface area contributed by atoms with Gasteiger partial charge < -0.3 is 14.4 Å². The summed E-state index contributed by atoms with van der Waals surface area (Å²) >= 11 is 0. The quantitative estimate of drug-likeness (QED) is 0.802. The summed E-state index contributed by atoms with van der Waals surface area (Å²) in [6.45, 7) is 2.24. The van der Waals surface area contributed by atoms with E-state index in [0.717, 1.165) is 37.4 Å². The van der Waals surface area contributed by atoms with Crippen LogP contribution in [-0.4, -0.2) is 37.6 Å². The van der Waals surface area contributed by atoms with E-state index in [2.05, 4.69) is 0 Å². The van der Waals surface area contributed by atoms with Crippen LogP contribution in [0.2, 0.25) is 0 Å². The molecule has 0 N–H and O–H groups in total. The molecule has 4 heteroatoms. The van der Waals surface area contributed by atoms with Gasteiger partial charge in [-0.25, -0.2) is 0 Å². The maximum Gasteiger partial charge on any atom is 0.225 e. The molecule has 1 aromatic carbocycles. The molecule has 1 heterocycles. The van der Waals surface area contributed by atoms with Crippen LogP contribution in [-0.2, 0) is 4.79 Å². The van der Waals surface area contributed by atoms with E-state index in [0.29, 0.717) is 13.0 Å². The molecule has 1 saturated heterocycles. The molecule has 0 unspecified atom stereocenters. The van der Waals surface area contributed by atoms with E-state index >= 15 is 0 Å². The Hall–Kier alpha value is -1.71. The zero-order chi connectivity index (χ0) is 12.8. The summed E-state index contributed by atoms with van der Waals surface area (Å²) in [5.41, 5.74) is 0. The minimum absolute atomic E-state index is 0.195. The molecule has 0 atom stereocenters. The van der Waals surface area contributed by atoms with Crippen LogP contribution in [0.1, 0.15) is 19.3 Å². The lowest BCUT2D eigenvalue weighted by atomic mass is 10.3. The molecule has 18 heavy (non-hydrogen) atoms. The van der Waals surface area contributed by atoms with Gasteiger partial charge in [0.1, 0.15) is 11.5 Å². The third kappa shape index (κ3) is 3.39. The highest BCUT2D eigenvalue weighted by Gasteiger charge is 2.17. The number of hydrogen-bond donors (Lipinski definition) is 0. The highest BCUT2D eigenvalue weighted by molar-refractivity contribution is 5.76. The predicted molar refractivity (Wildman–Crippen MR) is 68.9 cm³/mol. The van der Waals surface area contributed by atoms with Crippen LogP contribution in [0.15, 0.2) is 24.3 Å². The minimum atomic E-state index is 0.195. The summed E-state index contributed by atoms with van der Waals surface area (Å²) in [5, 5.41) is 0. The van der Waals surface area contributed by atoms with E-state index in [9.17, 15) is 4.79 Å². The summed E-state index contributed by atoms with van der Waals surface area (Å²) in [5.74, 6) is 1.77. The smallest absolute Gasteiger partial charge is 0.225 e. The molecule has 0 spiro atoms. The van der Waals surface area contributed by atoms with Gasteiger partial charge in [0.15, 0.2) is 0 Å². The number of ether oxygens (including phenoxy) is 2. The van der Waals surface area contributed by atoms with Gasteiger partial charge in [0, 0.05) is 13.1 Å². The van der Waals surface area contributed by atoms with Crippen molar-refractivity contribution in [2.45, 2.75) is 19.3 Å². The number of rotatable bonds is 5. The normalized spacial score (nSPS) is 14.6. The molecule has 1 aliphatic heterocycles. The number of hydrogen-bond acceptors (Lipinski definition) is 3. The Labute approximate surface area is 107 Å². The van der Waals surface area contributed by atoms with Gasteiger partial charge in [-0.15, -0.1) is 0 Å². The Morgan fingerprint density at radius 3 is 2.39 bits per heavy atom. The SMILES string of the molecule is COc1ccc(OCCC(=O)N2CCCC2)cc1. The molecule has 4 nitrogen and oxygen atoms in total. The van der Waals surface area contributed by atoms with E-state index in [1.807, 2.05) is 29.2 Å². The van der Waals surface area contributed by atoms with E-state index in [4.69, 9.17) is 9.47 Å². The third-order valence-electron chi connectivity index (χ3n) is 3.10. The van der Waals surface area contributed by atoms with Gasteiger partial charge in [-0.3, -0.25) is 4.79 Å². The number of benzene rings is 1. The molecule has 1 aliphatic rings. The monoisotopic (exact) mass is 249 g/mol. The van der Waals surface area contributed by atoms with Crippen molar-refractivity contribution >= 4 is 5.91 Å². The van der Waals surface area contributed by atoms with Crippen molar-refractivity contribution in [1.29, 1.82) is 0 Å². The maximum atomic E-state index is 11.8. The first kappa shape index (κ1) is 12.7. The van der Waals surface area contributed by atoms with E-state index in [1.54, 1.807) is 7.11 Å². The topological polar surface area (TPSA) is 38.8 Å². The van der Waals surface area contributed by atoms with Crippen molar-refractivity contribution in [1.82, 2.24) is 4.90 Å². The summed E-state index contributed by atoms with van der Waals surface area (Å²) in [4.78, 5) is 13.7. The fourth-order valence-electron chi connectivity index (χ4n) is 2.05. The van der Waals surface area contributed by atoms with E-state index < -0.39 is 0 Å².